The number of likely N-dealkylation sites (tertiary alicyclic amines) is 1. The lowest BCUT2D eigenvalue weighted by molar-refractivity contribution is 0.168. The highest BCUT2D eigenvalue weighted by atomic mass is 32.1. The fourth-order valence-electron chi connectivity index (χ4n) is 3.03. The first-order chi connectivity index (χ1) is 9.13. The quantitative estimate of drug-likeness (QED) is 0.860. The number of hydrogen-bond donors (Lipinski definition) is 1. The summed E-state index contributed by atoms with van der Waals surface area (Å²) in [7, 11) is 2.26. The molecule has 0 bridgehead atoms. The highest BCUT2D eigenvalue weighted by molar-refractivity contribution is 7.09. The van der Waals surface area contributed by atoms with E-state index in [4.69, 9.17) is 0 Å². The molecule has 2 rings (SSSR count). The van der Waals surface area contributed by atoms with Gasteiger partial charge in [-0.15, -0.1) is 11.3 Å². The molecular weight excluding hydrogens is 252 g/mol. The predicted molar refractivity (Wildman–Crippen MR) is 84.9 cm³/mol. The maximum Gasteiger partial charge on any atom is 0.0198 e. The summed E-state index contributed by atoms with van der Waals surface area (Å²) < 4.78 is 0. The van der Waals surface area contributed by atoms with Crippen LogP contribution < -0.4 is 5.32 Å². The van der Waals surface area contributed by atoms with Gasteiger partial charge in [-0.05, 0) is 56.1 Å². The van der Waals surface area contributed by atoms with Crippen molar-refractivity contribution >= 4 is 11.3 Å². The number of rotatable bonds is 6. The minimum atomic E-state index is 0.683. The Morgan fingerprint density at radius 2 is 2.26 bits per heavy atom. The number of nitrogens with one attached hydrogen (secondary N) is 1. The van der Waals surface area contributed by atoms with E-state index in [0.717, 1.165) is 11.8 Å². The molecule has 1 aromatic heterocycles. The Morgan fingerprint density at radius 1 is 1.42 bits per heavy atom. The fraction of sp³-hybridized carbons (Fsp3) is 0.750. The van der Waals surface area contributed by atoms with E-state index in [2.05, 4.69) is 48.6 Å². The molecule has 1 aromatic rings. The van der Waals surface area contributed by atoms with Gasteiger partial charge in [0.25, 0.3) is 0 Å². The van der Waals surface area contributed by atoms with E-state index in [0.29, 0.717) is 6.04 Å². The smallest absolute Gasteiger partial charge is 0.0198 e. The van der Waals surface area contributed by atoms with Crippen molar-refractivity contribution in [3.63, 3.8) is 0 Å². The van der Waals surface area contributed by atoms with Crippen LogP contribution in [0.25, 0.3) is 0 Å². The third-order valence-corrected chi connectivity index (χ3v) is 4.84. The van der Waals surface area contributed by atoms with Crippen molar-refractivity contribution in [1.29, 1.82) is 0 Å². The second kappa shape index (κ2) is 7.41. The average molecular weight is 280 g/mol. The third-order valence-electron chi connectivity index (χ3n) is 3.94. The number of nitrogens with zero attached hydrogens (tertiary/aromatic N) is 1. The molecule has 0 aliphatic carbocycles. The molecule has 1 fully saturated rings. The molecule has 0 spiro atoms. The molecule has 2 unspecified atom stereocenters. The second-order valence-corrected chi connectivity index (χ2v) is 7.47. The molecule has 108 valence electrons. The van der Waals surface area contributed by atoms with Crippen LogP contribution in [0.4, 0.5) is 0 Å². The highest BCUT2D eigenvalue weighted by Gasteiger charge is 2.25. The van der Waals surface area contributed by atoms with Crippen LogP contribution in [0.2, 0.25) is 0 Å². The topological polar surface area (TPSA) is 15.3 Å². The summed E-state index contributed by atoms with van der Waals surface area (Å²) in [5, 5.41) is 5.95. The molecule has 2 heterocycles. The molecular formula is C16H28N2S. The maximum atomic E-state index is 3.75. The zero-order valence-corrected chi connectivity index (χ0v) is 13.4. The molecule has 1 N–H and O–H groups in total. The lowest BCUT2D eigenvalue weighted by atomic mass is 9.91. The molecule has 19 heavy (non-hydrogen) atoms. The van der Waals surface area contributed by atoms with Gasteiger partial charge in [-0.1, -0.05) is 19.9 Å². The van der Waals surface area contributed by atoms with E-state index < -0.39 is 0 Å². The zero-order chi connectivity index (χ0) is 13.7. The Kier molecular flexibility index (Phi) is 5.86. The van der Waals surface area contributed by atoms with E-state index in [1.807, 2.05) is 11.3 Å². The van der Waals surface area contributed by atoms with Crippen LogP contribution in [-0.2, 0) is 6.42 Å². The number of likely N-dealkylation sites (N-methyl/N-ethyl adjacent to an activating group) is 1. The minimum Gasteiger partial charge on any atom is -0.313 e. The minimum absolute atomic E-state index is 0.683. The third kappa shape index (κ3) is 5.25. The summed E-state index contributed by atoms with van der Waals surface area (Å²) in [6, 6.07) is 5.13. The lowest BCUT2D eigenvalue weighted by Crippen LogP contribution is -2.48. The molecule has 2 nitrogen and oxygen atoms in total. The van der Waals surface area contributed by atoms with E-state index in [9.17, 15) is 0 Å². The van der Waals surface area contributed by atoms with Crippen molar-refractivity contribution in [1.82, 2.24) is 10.2 Å². The number of piperidine rings is 1. The first-order valence-corrected chi connectivity index (χ1v) is 8.45. The Morgan fingerprint density at radius 3 is 2.95 bits per heavy atom. The van der Waals surface area contributed by atoms with Gasteiger partial charge in [0.05, 0.1) is 0 Å². The molecule has 1 aliphatic heterocycles. The van der Waals surface area contributed by atoms with Crippen molar-refractivity contribution < 1.29 is 0 Å². The zero-order valence-electron chi connectivity index (χ0n) is 12.6. The molecule has 0 amide bonds. The Hall–Kier alpha value is -0.380. The molecule has 1 saturated heterocycles. The van der Waals surface area contributed by atoms with Gasteiger partial charge in [0, 0.05) is 24.0 Å². The SMILES string of the molecule is CC(C)CCNC1CC(Cc2cccs2)CN(C)C1. The number of thiophene rings is 1. The van der Waals surface area contributed by atoms with E-state index in [-0.39, 0.29) is 0 Å². The first-order valence-electron chi connectivity index (χ1n) is 7.57. The van der Waals surface area contributed by atoms with Gasteiger partial charge in [-0.3, -0.25) is 0 Å². The number of hydrogen-bond acceptors (Lipinski definition) is 3. The Balaban J connectivity index is 1.78. The summed E-state index contributed by atoms with van der Waals surface area (Å²) in [5.41, 5.74) is 0. The molecule has 0 saturated carbocycles. The van der Waals surface area contributed by atoms with Crippen molar-refractivity contribution in [3.05, 3.63) is 22.4 Å². The van der Waals surface area contributed by atoms with Crippen LogP contribution in [0.3, 0.4) is 0 Å². The van der Waals surface area contributed by atoms with Crippen LogP contribution in [0.15, 0.2) is 17.5 Å². The lowest BCUT2D eigenvalue weighted by Gasteiger charge is -2.36. The summed E-state index contributed by atoms with van der Waals surface area (Å²) >= 11 is 1.90. The van der Waals surface area contributed by atoms with Crippen molar-refractivity contribution in [3.8, 4) is 0 Å². The first kappa shape index (κ1) is 15.0. The van der Waals surface area contributed by atoms with Gasteiger partial charge < -0.3 is 10.2 Å². The summed E-state index contributed by atoms with van der Waals surface area (Å²) in [6.07, 6.45) is 3.88. The molecule has 3 heteroatoms. The van der Waals surface area contributed by atoms with E-state index in [1.165, 1.54) is 38.9 Å². The molecule has 1 aliphatic rings. The predicted octanol–water partition coefficient (Wildman–Crippen LogP) is 3.25. The van der Waals surface area contributed by atoms with Gasteiger partial charge in [-0.25, -0.2) is 0 Å². The van der Waals surface area contributed by atoms with Crippen LogP contribution in [0.1, 0.15) is 31.6 Å². The molecule has 2 atom stereocenters. The van der Waals surface area contributed by atoms with Crippen LogP contribution >= 0.6 is 11.3 Å². The fourth-order valence-corrected chi connectivity index (χ4v) is 3.85. The van der Waals surface area contributed by atoms with E-state index in [1.54, 1.807) is 4.88 Å². The monoisotopic (exact) mass is 280 g/mol. The summed E-state index contributed by atoms with van der Waals surface area (Å²) in [4.78, 5) is 4.04. The summed E-state index contributed by atoms with van der Waals surface area (Å²) in [6.45, 7) is 8.23. The summed E-state index contributed by atoms with van der Waals surface area (Å²) in [5.74, 6) is 1.62. The Bertz CT molecular complexity index is 348. The molecule has 0 aromatic carbocycles. The van der Waals surface area contributed by atoms with Gasteiger partial charge >= 0.3 is 0 Å². The van der Waals surface area contributed by atoms with Crippen LogP contribution in [0, 0.1) is 11.8 Å². The van der Waals surface area contributed by atoms with Crippen molar-refractivity contribution in [2.45, 2.75) is 39.2 Å². The molecule has 0 radical (unpaired) electrons. The van der Waals surface area contributed by atoms with Gasteiger partial charge in [0.2, 0.25) is 0 Å². The van der Waals surface area contributed by atoms with Gasteiger partial charge in [0.15, 0.2) is 0 Å². The maximum absolute atomic E-state index is 3.75. The Labute approximate surface area is 122 Å². The largest absolute Gasteiger partial charge is 0.313 e. The van der Waals surface area contributed by atoms with Crippen LogP contribution in [-0.4, -0.2) is 37.6 Å². The second-order valence-electron chi connectivity index (χ2n) is 6.44. The van der Waals surface area contributed by atoms with Gasteiger partial charge in [-0.2, -0.15) is 0 Å². The standard InChI is InChI=1S/C16H28N2S/c1-13(2)6-7-17-15-9-14(11-18(3)12-15)10-16-5-4-8-19-16/h4-5,8,13-15,17H,6-7,9-12H2,1-3H3. The van der Waals surface area contributed by atoms with E-state index >= 15 is 0 Å². The normalized spacial score (nSPS) is 25.1. The van der Waals surface area contributed by atoms with Gasteiger partial charge in [0.1, 0.15) is 0 Å². The van der Waals surface area contributed by atoms with Crippen molar-refractivity contribution in [2.24, 2.45) is 11.8 Å². The highest BCUT2D eigenvalue weighted by Crippen LogP contribution is 2.22. The van der Waals surface area contributed by atoms with Crippen molar-refractivity contribution in [2.75, 3.05) is 26.7 Å². The average Bonchev–Trinajstić information content (AvgIpc) is 2.80. The van der Waals surface area contributed by atoms with Crippen LogP contribution in [0.5, 0.6) is 0 Å².